The molecular weight excluding hydrogens is 230 g/mol. The Balaban J connectivity index is 1.89. The van der Waals surface area contributed by atoms with E-state index < -0.39 is 0 Å². The van der Waals surface area contributed by atoms with E-state index in [4.69, 9.17) is 9.52 Å². The molecule has 18 heavy (non-hydrogen) atoms. The zero-order valence-electron chi connectivity index (χ0n) is 11.5. The number of nitrogens with zero attached hydrogens (tertiary/aromatic N) is 3. The standard InChI is InChI=1S/C13H23N3O2/c1-13(2,3)12-15-14-11(18-12)9-16-6-4-10(8-16)5-7-17/h10,17H,4-9H2,1-3H3. The van der Waals surface area contributed by atoms with Gasteiger partial charge in [-0.25, -0.2) is 0 Å². The molecule has 1 fully saturated rings. The lowest BCUT2D eigenvalue weighted by Gasteiger charge is -2.14. The highest BCUT2D eigenvalue weighted by Crippen LogP contribution is 2.23. The molecule has 0 amide bonds. The Bertz CT molecular complexity index is 384. The molecule has 0 radical (unpaired) electrons. The molecule has 0 bridgehead atoms. The van der Waals surface area contributed by atoms with Crippen molar-refractivity contribution in [2.45, 2.75) is 45.6 Å². The second kappa shape index (κ2) is 5.36. The van der Waals surface area contributed by atoms with Crippen molar-refractivity contribution in [3.8, 4) is 0 Å². The first-order chi connectivity index (χ1) is 8.49. The van der Waals surface area contributed by atoms with Gasteiger partial charge < -0.3 is 9.52 Å². The van der Waals surface area contributed by atoms with Crippen molar-refractivity contribution in [1.82, 2.24) is 15.1 Å². The minimum Gasteiger partial charge on any atom is -0.423 e. The molecular formula is C13H23N3O2. The highest BCUT2D eigenvalue weighted by molar-refractivity contribution is 4.96. The van der Waals surface area contributed by atoms with Crippen molar-refractivity contribution in [2.24, 2.45) is 5.92 Å². The van der Waals surface area contributed by atoms with E-state index in [1.807, 2.05) is 0 Å². The van der Waals surface area contributed by atoms with Crippen LogP contribution in [0.4, 0.5) is 0 Å². The van der Waals surface area contributed by atoms with Crippen molar-refractivity contribution in [1.29, 1.82) is 0 Å². The largest absolute Gasteiger partial charge is 0.423 e. The van der Waals surface area contributed by atoms with Gasteiger partial charge in [-0.1, -0.05) is 20.8 Å². The van der Waals surface area contributed by atoms with Crippen molar-refractivity contribution in [3.63, 3.8) is 0 Å². The lowest BCUT2D eigenvalue weighted by molar-refractivity contribution is 0.239. The summed E-state index contributed by atoms with van der Waals surface area (Å²) in [4.78, 5) is 2.32. The number of aliphatic hydroxyl groups excluding tert-OH is 1. The van der Waals surface area contributed by atoms with Crippen molar-refractivity contribution >= 4 is 0 Å². The molecule has 1 unspecified atom stereocenters. The van der Waals surface area contributed by atoms with Gasteiger partial charge >= 0.3 is 0 Å². The summed E-state index contributed by atoms with van der Waals surface area (Å²) in [5.74, 6) is 2.01. The fourth-order valence-electron chi connectivity index (χ4n) is 2.29. The van der Waals surface area contributed by atoms with E-state index in [9.17, 15) is 0 Å². The Hall–Kier alpha value is -0.940. The number of likely N-dealkylation sites (tertiary alicyclic amines) is 1. The maximum absolute atomic E-state index is 8.94. The van der Waals surface area contributed by atoms with Crippen LogP contribution in [0.25, 0.3) is 0 Å². The molecule has 1 N–H and O–H groups in total. The summed E-state index contributed by atoms with van der Waals surface area (Å²) < 4.78 is 5.69. The van der Waals surface area contributed by atoms with Crippen LogP contribution in [-0.2, 0) is 12.0 Å². The third-order valence-corrected chi connectivity index (χ3v) is 3.37. The lowest BCUT2D eigenvalue weighted by Crippen LogP contribution is -2.20. The van der Waals surface area contributed by atoms with Gasteiger partial charge in [-0.05, 0) is 25.3 Å². The van der Waals surface area contributed by atoms with Gasteiger partial charge in [0.05, 0.1) is 6.54 Å². The quantitative estimate of drug-likeness (QED) is 0.882. The summed E-state index contributed by atoms with van der Waals surface area (Å²) in [6.07, 6.45) is 2.05. The Morgan fingerprint density at radius 3 is 2.78 bits per heavy atom. The maximum Gasteiger partial charge on any atom is 0.230 e. The number of aliphatic hydroxyl groups is 1. The SMILES string of the molecule is CC(C)(C)c1nnc(CN2CCC(CCO)C2)o1. The molecule has 5 nitrogen and oxygen atoms in total. The number of rotatable bonds is 4. The highest BCUT2D eigenvalue weighted by atomic mass is 16.4. The summed E-state index contributed by atoms with van der Waals surface area (Å²) in [7, 11) is 0. The van der Waals surface area contributed by atoms with Crippen molar-refractivity contribution in [2.75, 3.05) is 19.7 Å². The third-order valence-electron chi connectivity index (χ3n) is 3.37. The molecule has 1 atom stereocenters. The molecule has 5 heteroatoms. The molecule has 0 aliphatic carbocycles. The predicted octanol–water partition coefficient (Wildman–Crippen LogP) is 1.57. The number of hydrogen-bond acceptors (Lipinski definition) is 5. The van der Waals surface area contributed by atoms with E-state index in [1.165, 1.54) is 0 Å². The monoisotopic (exact) mass is 253 g/mol. The average Bonchev–Trinajstić information content (AvgIpc) is 2.88. The van der Waals surface area contributed by atoms with E-state index in [0.29, 0.717) is 17.7 Å². The van der Waals surface area contributed by atoms with Gasteiger partial charge in [0.2, 0.25) is 11.8 Å². The second-order valence-corrected chi connectivity index (χ2v) is 6.15. The second-order valence-electron chi connectivity index (χ2n) is 6.15. The van der Waals surface area contributed by atoms with E-state index in [2.05, 4.69) is 35.9 Å². The van der Waals surface area contributed by atoms with Crippen LogP contribution in [0.2, 0.25) is 0 Å². The number of aromatic nitrogens is 2. The van der Waals surface area contributed by atoms with Crippen LogP contribution in [0.15, 0.2) is 4.42 Å². The summed E-state index contributed by atoms with van der Waals surface area (Å²) in [6, 6.07) is 0. The van der Waals surface area contributed by atoms with Gasteiger partial charge in [-0.3, -0.25) is 4.90 Å². The van der Waals surface area contributed by atoms with Gasteiger partial charge in [0.25, 0.3) is 0 Å². The van der Waals surface area contributed by atoms with Crippen molar-refractivity contribution in [3.05, 3.63) is 11.8 Å². The van der Waals surface area contributed by atoms with Gasteiger partial charge in [0.15, 0.2) is 0 Å². The molecule has 1 saturated heterocycles. The summed E-state index contributed by atoms with van der Waals surface area (Å²) in [6.45, 7) is 9.29. The summed E-state index contributed by atoms with van der Waals surface area (Å²) in [5.41, 5.74) is -0.0876. The minimum atomic E-state index is -0.0876. The zero-order valence-corrected chi connectivity index (χ0v) is 11.5. The molecule has 0 aromatic carbocycles. The minimum absolute atomic E-state index is 0.0876. The van der Waals surface area contributed by atoms with E-state index in [-0.39, 0.29) is 12.0 Å². The van der Waals surface area contributed by atoms with Crippen LogP contribution in [0.1, 0.15) is 45.4 Å². The molecule has 1 aromatic heterocycles. The molecule has 1 aliphatic heterocycles. The lowest BCUT2D eigenvalue weighted by atomic mass is 9.97. The van der Waals surface area contributed by atoms with Crippen LogP contribution in [0, 0.1) is 5.92 Å². The Kier molecular flexibility index (Phi) is 4.02. The first-order valence-electron chi connectivity index (χ1n) is 6.65. The van der Waals surface area contributed by atoms with Gasteiger partial charge in [-0.2, -0.15) is 0 Å². The molecule has 102 valence electrons. The maximum atomic E-state index is 8.94. The summed E-state index contributed by atoms with van der Waals surface area (Å²) in [5, 5.41) is 17.1. The van der Waals surface area contributed by atoms with Crippen molar-refractivity contribution < 1.29 is 9.52 Å². The van der Waals surface area contributed by atoms with Crippen LogP contribution in [0.3, 0.4) is 0 Å². The van der Waals surface area contributed by atoms with Crippen LogP contribution >= 0.6 is 0 Å². The molecule has 0 spiro atoms. The van der Waals surface area contributed by atoms with E-state index in [1.54, 1.807) is 0 Å². The number of hydrogen-bond donors (Lipinski definition) is 1. The molecule has 1 aromatic rings. The predicted molar refractivity (Wildman–Crippen MR) is 68.1 cm³/mol. The van der Waals surface area contributed by atoms with Crippen LogP contribution in [-0.4, -0.2) is 39.9 Å². The average molecular weight is 253 g/mol. The fourth-order valence-corrected chi connectivity index (χ4v) is 2.29. The normalized spacial score (nSPS) is 21.7. The van der Waals surface area contributed by atoms with Gasteiger partial charge in [-0.15, -0.1) is 10.2 Å². The van der Waals surface area contributed by atoms with Crippen LogP contribution in [0.5, 0.6) is 0 Å². The fraction of sp³-hybridized carbons (Fsp3) is 0.846. The first kappa shape index (κ1) is 13.5. The summed E-state index contributed by atoms with van der Waals surface area (Å²) >= 11 is 0. The molecule has 1 aliphatic rings. The first-order valence-corrected chi connectivity index (χ1v) is 6.65. The highest BCUT2D eigenvalue weighted by Gasteiger charge is 2.25. The zero-order chi connectivity index (χ0) is 13.2. The smallest absolute Gasteiger partial charge is 0.230 e. The van der Waals surface area contributed by atoms with E-state index >= 15 is 0 Å². The molecule has 0 saturated carbocycles. The molecule has 2 rings (SSSR count). The topological polar surface area (TPSA) is 62.4 Å². The Labute approximate surface area is 108 Å². The van der Waals surface area contributed by atoms with E-state index in [0.717, 1.165) is 32.5 Å². The molecule has 2 heterocycles. The van der Waals surface area contributed by atoms with Crippen LogP contribution < -0.4 is 0 Å². The van der Waals surface area contributed by atoms with Gasteiger partial charge in [0, 0.05) is 18.6 Å². The Morgan fingerprint density at radius 1 is 1.39 bits per heavy atom. The van der Waals surface area contributed by atoms with Gasteiger partial charge in [0.1, 0.15) is 0 Å². The third kappa shape index (κ3) is 3.29. The Morgan fingerprint density at radius 2 is 2.17 bits per heavy atom.